The molecule has 1 amide bonds. The lowest BCUT2D eigenvalue weighted by Crippen LogP contribution is -2.52. The van der Waals surface area contributed by atoms with Crippen molar-refractivity contribution in [1.29, 1.82) is 0 Å². The average Bonchev–Trinajstić information content (AvgIpc) is 3.37. The van der Waals surface area contributed by atoms with Crippen molar-refractivity contribution in [3.05, 3.63) is 41.4 Å². The van der Waals surface area contributed by atoms with E-state index in [0.29, 0.717) is 17.4 Å². The number of piperidine rings is 1. The van der Waals surface area contributed by atoms with E-state index in [-0.39, 0.29) is 59.5 Å². The molecular formula is C26H32F3N5O4S. The second kappa shape index (κ2) is 11.8. The Morgan fingerprint density at radius 2 is 1.87 bits per heavy atom. The largest absolute Gasteiger partial charge is 0.494 e. The van der Waals surface area contributed by atoms with Crippen LogP contribution in [0, 0.1) is 0 Å². The van der Waals surface area contributed by atoms with E-state index in [1.165, 1.54) is 24.1 Å². The van der Waals surface area contributed by atoms with Crippen LogP contribution in [0.5, 0.6) is 5.75 Å². The number of ether oxygens (including phenoxy) is 1. The van der Waals surface area contributed by atoms with Crippen molar-refractivity contribution >= 4 is 34.0 Å². The van der Waals surface area contributed by atoms with Gasteiger partial charge in [0.1, 0.15) is 27.5 Å². The summed E-state index contributed by atoms with van der Waals surface area (Å²) in [5.41, 5.74) is 9.75. The fourth-order valence-corrected chi connectivity index (χ4v) is 4.42. The topological polar surface area (TPSA) is 141 Å². The minimum atomic E-state index is -4.65. The standard InChI is InChI=1S/C24H26F3N5O4S.C2H6/c1-3-14(28)19-18(21(33)32-10-8-23(34,9-11-32)22(29)37)31-20(36-19)13-4-6-15(35-2)17-12(13)5-7-16(30-17)24(25,26)27;1-2/h4-7,14,34H,3,8-11,28H2,1-2H3,(H2,29,37);1-2H3/t14-;/m0./s1. The van der Waals surface area contributed by atoms with Gasteiger partial charge in [0.2, 0.25) is 5.89 Å². The van der Waals surface area contributed by atoms with Crippen LogP contribution in [0.4, 0.5) is 13.2 Å². The normalized spacial score (nSPS) is 15.9. The smallest absolute Gasteiger partial charge is 0.433 e. The maximum absolute atomic E-state index is 13.4. The predicted octanol–water partition coefficient (Wildman–Crippen LogP) is 4.61. The van der Waals surface area contributed by atoms with E-state index in [1.807, 2.05) is 20.8 Å². The van der Waals surface area contributed by atoms with Crippen molar-refractivity contribution in [3.63, 3.8) is 0 Å². The van der Waals surface area contributed by atoms with Crippen molar-refractivity contribution in [2.24, 2.45) is 11.5 Å². The second-order valence-electron chi connectivity index (χ2n) is 8.84. The lowest BCUT2D eigenvalue weighted by Gasteiger charge is -2.37. The van der Waals surface area contributed by atoms with Gasteiger partial charge in [0.05, 0.1) is 13.2 Å². The fourth-order valence-electron chi connectivity index (χ4n) is 4.21. The Bertz CT molecular complexity index is 1350. The van der Waals surface area contributed by atoms with Crippen molar-refractivity contribution in [2.75, 3.05) is 20.2 Å². The summed E-state index contributed by atoms with van der Waals surface area (Å²) in [5, 5.41) is 10.8. The molecule has 0 saturated carbocycles. The number of likely N-dealkylation sites (tertiary alicyclic amines) is 1. The minimum Gasteiger partial charge on any atom is -0.494 e. The Kier molecular flexibility index (Phi) is 9.19. The van der Waals surface area contributed by atoms with Crippen LogP contribution in [0.1, 0.15) is 68.0 Å². The van der Waals surface area contributed by atoms with Crippen LogP contribution in [0.3, 0.4) is 0 Å². The Balaban J connectivity index is 0.00000205. The molecule has 39 heavy (non-hydrogen) atoms. The highest BCUT2D eigenvalue weighted by Gasteiger charge is 2.38. The molecule has 0 radical (unpaired) electrons. The van der Waals surface area contributed by atoms with Crippen LogP contribution in [0.2, 0.25) is 0 Å². The number of pyridine rings is 1. The lowest BCUT2D eigenvalue weighted by molar-refractivity contribution is -0.140. The Morgan fingerprint density at radius 3 is 2.41 bits per heavy atom. The average molecular weight is 568 g/mol. The van der Waals surface area contributed by atoms with Gasteiger partial charge in [0, 0.05) is 36.9 Å². The van der Waals surface area contributed by atoms with Crippen molar-refractivity contribution in [2.45, 2.75) is 57.9 Å². The number of benzene rings is 1. The zero-order chi connectivity index (χ0) is 29.1. The van der Waals surface area contributed by atoms with Crippen LogP contribution in [-0.2, 0) is 6.18 Å². The minimum absolute atomic E-state index is 0.00560. The first kappa shape index (κ1) is 30.3. The number of carbonyl (C=O) groups excluding carboxylic acids is 1. The Hall–Kier alpha value is -3.29. The third-order valence-corrected chi connectivity index (χ3v) is 6.91. The summed E-state index contributed by atoms with van der Waals surface area (Å²) >= 11 is 4.94. The first-order chi connectivity index (χ1) is 18.4. The summed E-state index contributed by atoms with van der Waals surface area (Å²) in [7, 11) is 1.33. The number of nitrogens with two attached hydrogens (primary N) is 2. The van der Waals surface area contributed by atoms with Crippen LogP contribution in [0.15, 0.2) is 28.7 Å². The highest BCUT2D eigenvalue weighted by Crippen LogP contribution is 2.38. The number of alkyl halides is 3. The predicted molar refractivity (Wildman–Crippen MR) is 144 cm³/mol. The van der Waals surface area contributed by atoms with Gasteiger partial charge in [-0.3, -0.25) is 4.79 Å². The van der Waals surface area contributed by atoms with Crippen molar-refractivity contribution < 1.29 is 32.2 Å². The van der Waals surface area contributed by atoms with Crippen LogP contribution in [-0.4, -0.2) is 56.7 Å². The summed E-state index contributed by atoms with van der Waals surface area (Å²) in [6, 6.07) is 4.49. The number of aliphatic hydroxyl groups is 1. The zero-order valence-electron chi connectivity index (χ0n) is 22.1. The number of hydrogen-bond acceptors (Lipinski definition) is 8. The van der Waals surface area contributed by atoms with E-state index in [4.69, 9.17) is 32.8 Å². The molecule has 4 rings (SSSR count). The van der Waals surface area contributed by atoms with Crippen molar-refractivity contribution in [3.8, 4) is 17.2 Å². The van der Waals surface area contributed by atoms with Gasteiger partial charge in [-0.25, -0.2) is 9.97 Å². The van der Waals surface area contributed by atoms with E-state index in [0.717, 1.165) is 6.07 Å². The van der Waals surface area contributed by atoms with Crippen LogP contribution < -0.4 is 16.2 Å². The molecule has 5 N–H and O–H groups in total. The molecule has 13 heteroatoms. The number of oxazole rings is 1. The van der Waals surface area contributed by atoms with E-state index in [1.54, 1.807) is 6.07 Å². The third-order valence-electron chi connectivity index (χ3n) is 6.53. The number of hydrogen-bond donors (Lipinski definition) is 3. The number of thiocarbonyl (C=S) groups is 1. The van der Waals surface area contributed by atoms with Gasteiger partial charge in [0.15, 0.2) is 11.5 Å². The molecule has 2 aromatic heterocycles. The van der Waals surface area contributed by atoms with Gasteiger partial charge in [-0.15, -0.1) is 0 Å². The van der Waals surface area contributed by atoms with E-state index < -0.39 is 29.4 Å². The number of halogens is 3. The van der Waals surface area contributed by atoms with Gasteiger partial charge in [-0.1, -0.05) is 33.0 Å². The molecule has 0 bridgehead atoms. The molecule has 0 aliphatic carbocycles. The molecule has 212 valence electrons. The van der Waals surface area contributed by atoms with Gasteiger partial charge in [-0.05, 0) is 30.7 Å². The fraction of sp³-hybridized carbons (Fsp3) is 0.462. The monoisotopic (exact) mass is 567 g/mol. The van der Waals surface area contributed by atoms with Crippen LogP contribution in [0.25, 0.3) is 22.4 Å². The molecule has 1 aliphatic heterocycles. The molecule has 1 aromatic carbocycles. The van der Waals surface area contributed by atoms with Crippen molar-refractivity contribution in [1.82, 2.24) is 14.9 Å². The first-order valence-corrected chi connectivity index (χ1v) is 12.9. The van der Waals surface area contributed by atoms with E-state index in [2.05, 4.69) is 9.97 Å². The highest BCUT2D eigenvalue weighted by molar-refractivity contribution is 7.80. The molecule has 9 nitrogen and oxygen atoms in total. The maximum atomic E-state index is 13.4. The molecular weight excluding hydrogens is 535 g/mol. The summed E-state index contributed by atoms with van der Waals surface area (Å²) < 4.78 is 51.1. The van der Waals surface area contributed by atoms with E-state index >= 15 is 0 Å². The molecule has 1 saturated heterocycles. The number of aromatic nitrogens is 2. The summed E-state index contributed by atoms with van der Waals surface area (Å²) in [5.74, 6) is -0.152. The number of nitrogens with zero attached hydrogens (tertiary/aromatic N) is 3. The highest BCUT2D eigenvalue weighted by atomic mass is 32.1. The van der Waals surface area contributed by atoms with Gasteiger partial charge >= 0.3 is 6.18 Å². The lowest BCUT2D eigenvalue weighted by atomic mass is 9.91. The Labute approximate surface area is 229 Å². The second-order valence-corrected chi connectivity index (χ2v) is 9.28. The number of amides is 1. The third kappa shape index (κ3) is 5.99. The molecule has 1 fully saturated rings. The molecule has 0 spiro atoms. The molecule has 3 heterocycles. The number of methoxy groups -OCH3 is 1. The van der Waals surface area contributed by atoms with Gasteiger partial charge < -0.3 is 30.6 Å². The molecule has 3 aromatic rings. The van der Waals surface area contributed by atoms with Crippen LogP contribution >= 0.6 is 12.2 Å². The van der Waals surface area contributed by atoms with Gasteiger partial charge in [0.25, 0.3) is 5.91 Å². The molecule has 1 atom stereocenters. The summed E-state index contributed by atoms with van der Waals surface area (Å²) in [6.07, 6.45) is -3.86. The molecule has 1 aliphatic rings. The maximum Gasteiger partial charge on any atom is 0.433 e. The molecule has 0 unspecified atom stereocenters. The Morgan fingerprint density at radius 1 is 1.23 bits per heavy atom. The summed E-state index contributed by atoms with van der Waals surface area (Å²) in [6.45, 7) is 6.19. The number of carbonyl (C=O) groups is 1. The zero-order valence-corrected chi connectivity index (χ0v) is 22.9. The quantitative estimate of drug-likeness (QED) is 0.364. The van der Waals surface area contributed by atoms with Gasteiger partial charge in [-0.2, -0.15) is 13.2 Å². The number of fused-ring (bicyclic) bond motifs is 1. The first-order valence-electron chi connectivity index (χ1n) is 12.5. The van der Waals surface area contributed by atoms with E-state index in [9.17, 15) is 23.1 Å². The SMILES string of the molecule is CC.CC[C@H](N)c1oc(-c2ccc(OC)c3nc(C(F)(F)F)ccc23)nc1C(=O)N1CCC(O)(C(N)=S)CC1. The number of rotatable bonds is 6. The summed E-state index contributed by atoms with van der Waals surface area (Å²) in [4.78, 5) is 23.1.